The van der Waals surface area contributed by atoms with Crippen molar-refractivity contribution in [1.29, 1.82) is 0 Å². The third kappa shape index (κ3) is 3.70. The smallest absolute Gasteiger partial charge is 0.177 e. The van der Waals surface area contributed by atoms with Crippen LogP contribution >= 0.6 is 0 Å². The number of sulfone groups is 1. The quantitative estimate of drug-likeness (QED) is 0.835. The molecule has 0 amide bonds. The molecule has 0 radical (unpaired) electrons. The molecule has 0 bridgehead atoms. The van der Waals surface area contributed by atoms with Gasteiger partial charge in [0, 0.05) is 6.26 Å². The Bertz CT molecular complexity index is 527. The number of para-hydroxylation sites is 1. The normalized spacial score (nSPS) is 24.7. The van der Waals surface area contributed by atoms with Crippen LogP contribution in [0.1, 0.15) is 32.1 Å². The minimum atomic E-state index is -3.25. The first-order valence-corrected chi connectivity index (χ1v) is 8.61. The van der Waals surface area contributed by atoms with Gasteiger partial charge in [-0.25, -0.2) is 8.42 Å². The molecule has 2 unspecified atom stereocenters. The molecule has 2 N–H and O–H groups in total. The van der Waals surface area contributed by atoms with Crippen LogP contribution in [0.2, 0.25) is 0 Å². The van der Waals surface area contributed by atoms with Crippen LogP contribution in [-0.4, -0.2) is 31.9 Å². The van der Waals surface area contributed by atoms with Gasteiger partial charge in [-0.15, -0.1) is 0 Å². The van der Waals surface area contributed by atoms with E-state index in [-0.39, 0.29) is 6.04 Å². The molecule has 19 heavy (non-hydrogen) atoms. The summed E-state index contributed by atoms with van der Waals surface area (Å²) in [5.74, 6) is 0. The van der Waals surface area contributed by atoms with Gasteiger partial charge in [0.25, 0.3) is 0 Å². The summed E-state index contributed by atoms with van der Waals surface area (Å²) in [7, 11) is -3.25. The number of rotatable bonds is 3. The molecule has 0 aliphatic heterocycles. The van der Waals surface area contributed by atoms with Crippen molar-refractivity contribution in [1.82, 2.24) is 0 Å². The van der Waals surface area contributed by atoms with E-state index in [1.54, 1.807) is 24.3 Å². The third-order valence-corrected chi connectivity index (χ3v) is 4.76. The molecule has 0 saturated heterocycles. The van der Waals surface area contributed by atoms with E-state index < -0.39 is 15.9 Å². The number of aliphatic hydroxyl groups excluding tert-OH is 1. The van der Waals surface area contributed by atoms with Crippen molar-refractivity contribution in [3.63, 3.8) is 0 Å². The zero-order valence-corrected chi connectivity index (χ0v) is 12.0. The van der Waals surface area contributed by atoms with Crippen LogP contribution in [0.25, 0.3) is 0 Å². The van der Waals surface area contributed by atoms with E-state index >= 15 is 0 Å². The second-order valence-corrected chi connectivity index (χ2v) is 7.21. The molecule has 0 heterocycles. The standard InChI is InChI=1S/C14H21NO3S/c1-19(17,18)14-10-6-5-8-12(14)15-11-7-3-2-4-9-13(11)16/h5-6,8,10-11,13,15-16H,2-4,7,9H2,1H3. The molecule has 1 fully saturated rings. The van der Waals surface area contributed by atoms with Crippen molar-refractivity contribution in [3.05, 3.63) is 24.3 Å². The molecule has 1 aromatic carbocycles. The lowest BCUT2D eigenvalue weighted by Crippen LogP contribution is -2.32. The Balaban J connectivity index is 2.23. The third-order valence-electron chi connectivity index (χ3n) is 3.61. The lowest BCUT2D eigenvalue weighted by molar-refractivity contribution is 0.144. The molecular formula is C14H21NO3S. The maximum absolute atomic E-state index is 11.7. The zero-order chi connectivity index (χ0) is 13.9. The largest absolute Gasteiger partial charge is 0.391 e. The highest BCUT2D eigenvalue weighted by atomic mass is 32.2. The van der Waals surface area contributed by atoms with Gasteiger partial charge in [-0.2, -0.15) is 0 Å². The average Bonchev–Trinajstić information content (AvgIpc) is 2.54. The summed E-state index contributed by atoms with van der Waals surface area (Å²) in [6.45, 7) is 0. The monoisotopic (exact) mass is 283 g/mol. The molecule has 1 aliphatic carbocycles. The number of nitrogens with one attached hydrogen (secondary N) is 1. The Kier molecular flexibility index (Phi) is 4.47. The minimum absolute atomic E-state index is 0.0644. The average molecular weight is 283 g/mol. The summed E-state index contributed by atoms with van der Waals surface area (Å²) in [5.41, 5.74) is 0.593. The summed E-state index contributed by atoms with van der Waals surface area (Å²) in [6.07, 6.45) is 5.68. The first-order chi connectivity index (χ1) is 8.98. The maximum atomic E-state index is 11.7. The van der Waals surface area contributed by atoms with Gasteiger partial charge in [0.1, 0.15) is 0 Å². The number of benzene rings is 1. The summed E-state index contributed by atoms with van der Waals surface area (Å²) in [4.78, 5) is 0.298. The lowest BCUT2D eigenvalue weighted by Gasteiger charge is -2.24. The van der Waals surface area contributed by atoms with E-state index in [4.69, 9.17) is 0 Å². The van der Waals surface area contributed by atoms with Gasteiger partial charge in [0.2, 0.25) is 0 Å². The Morgan fingerprint density at radius 1 is 1.16 bits per heavy atom. The summed E-state index contributed by atoms with van der Waals surface area (Å²) < 4.78 is 23.5. The highest BCUT2D eigenvalue weighted by Gasteiger charge is 2.23. The molecule has 106 valence electrons. The molecule has 1 aromatic rings. The van der Waals surface area contributed by atoms with E-state index in [1.807, 2.05) is 0 Å². The van der Waals surface area contributed by atoms with E-state index in [0.717, 1.165) is 32.1 Å². The second-order valence-electron chi connectivity index (χ2n) is 5.22. The highest BCUT2D eigenvalue weighted by molar-refractivity contribution is 7.90. The van der Waals surface area contributed by atoms with Gasteiger partial charge in [-0.1, -0.05) is 31.4 Å². The summed E-state index contributed by atoms with van der Waals surface area (Å²) in [6, 6.07) is 6.81. The lowest BCUT2D eigenvalue weighted by atomic mass is 10.1. The first kappa shape index (κ1) is 14.3. The van der Waals surface area contributed by atoms with E-state index in [1.165, 1.54) is 6.26 Å². The molecule has 2 atom stereocenters. The summed E-state index contributed by atoms with van der Waals surface area (Å²) >= 11 is 0. The number of hydrogen-bond acceptors (Lipinski definition) is 4. The van der Waals surface area contributed by atoms with Crippen LogP contribution in [0.4, 0.5) is 5.69 Å². The molecule has 0 spiro atoms. The number of aliphatic hydroxyl groups is 1. The van der Waals surface area contributed by atoms with E-state index in [0.29, 0.717) is 10.6 Å². The predicted octanol–water partition coefficient (Wildman–Crippen LogP) is 2.20. The van der Waals surface area contributed by atoms with Crippen LogP contribution < -0.4 is 5.32 Å². The fourth-order valence-corrected chi connectivity index (χ4v) is 3.42. The summed E-state index contributed by atoms with van der Waals surface area (Å²) in [5, 5.41) is 13.3. The number of hydrogen-bond donors (Lipinski definition) is 2. The topological polar surface area (TPSA) is 66.4 Å². The van der Waals surface area contributed by atoms with Crippen molar-refractivity contribution >= 4 is 15.5 Å². The van der Waals surface area contributed by atoms with Crippen molar-refractivity contribution in [3.8, 4) is 0 Å². The van der Waals surface area contributed by atoms with Crippen molar-refractivity contribution in [2.24, 2.45) is 0 Å². The van der Waals surface area contributed by atoms with E-state index in [2.05, 4.69) is 5.32 Å². The SMILES string of the molecule is CS(=O)(=O)c1ccccc1NC1CCCCCC1O. The Hall–Kier alpha value is -1.07. The first-order valence-electron chi connectivity index (χ1n) is 6.72. The van der Waals surface area contributed by atoms with Gasteiger partial charge in [0.05, 0.1) is 22.7 Å². The van der Waals surface area contributed by atoms with Crippen LogP contribution in [0.15, 0.2) is 29.2 Å². The fourth-order valence-electron chi connectivity index (χ4n) is 2.57. The van der Waals surface area contributed by atoms with Gasteiger partial charge in [0.15, 0.2) is 9.84 Å². The highest BCUT2D eigenvalue weighted by Crippen LogP contribution is 2.26. The molecule has 5 heteroatoms. The van der Waals surface area contributed by atoms with Crippen LogP contribution in [0, 0.1) is 0 Å². The van der Waals surface area contributed by atoms with Crippen LogP contribution in [0.5, 0.6) is 0 Å². The Morgan fingerprint density at radius 3 is 2.58 bits per heavy atom. The van der Waals surface area contributed by atoms with Gasteiger partial charge in [-0.05, 0) is 25.0 Å². The van der Waals surface area contributed by atoms with E-state index in [9.17, 15) is 13.5 Å². The van der Waals surface area contributed by atoms with Crippen LogP contribution in [0.3, 0.4) is 0 Å². The predicted molar refractivity (Wildman–Crippen MR) is 76.1 cm³/mol. The van der Waals surface area contributed by atoms with Gasteiger partial charge >= 0.3 is 0 Å². The minimum Gasteiger partial charge on any atom is -0.391 e. The molecule has 1 aliphatic rings. The van der Waals surface area contributed by atoms with Crippen molar-refractivity contribution < 1.29 is 13.5 Å². The Labute approximate surface area is 114 Å². The molecule has 2 rings (SSSR count). The molecule has 0 aromatic heterocycles. The van der Waals surface area contributed by atoms with Crippen molar-refractivity contribution in [2.75, 3.05) is 11.6 Å². The van der Waals surface area contributed by atoms with Gasteiger partial charge < -0.3 is 10.4 Å². The van der Waals surface area contributed by atoms with Gasteiger partial charge in [-0.3, -0.25) is 0 Å². The second kappa shape index (κ2) is 5.92. The number of anilines is 1. The molecule has 4 nitrogen and oxygen atoms in total. The Morgan fingerprint density at radius 2 is 1.84 bits per heavy atom. The van der Waals surface area contributed by atoms with Crippen LogP contribution in [-0.2, 0) is 9.84 Å². The van der Waals surface area contributed by atoms with Crippen molar-refractivity contribution in [2.45, 2.75) is 49.1 Å². The molecular weight excluding hydrogens is 262 g/mol. The zero-order valence-electron chi connectivity index (χ0n) is 11.2. The molecule has 1 saturated carbocycles. The maximum Gasteiger partial charge on any atom is 0.177 e. The fraction of sp³-hybridized carbons (Fsp3) is 0.571.